The molecule has 1 amide bonds. The quantitative estimate of drug-likeness (QED) is 0.478. The number of rotatable bonds is 5. The number of thioether (sulfide) groups is 1. The molecule has 3 rings (SSSR count). The van der Waals surface area contributed by atoms with Crippen LogP contribution in [0.4, 0.5) is 18.9 Å². The van der Waals surface area contributed by atoms with Crippen molar-refractivity contribution in [3.05, 3.63) is 47.6 Å². The first-order valence-corrected chi connectivity index (χ1v) is 9.40. The van der Waals surface area contributed by atoms with Crippen molar-refractivity contribution in [1.82, 2.24) is 9.97 Å². The van der Waals surface area contributed by atoms with E-state index in [1.54, 1.807) is 30.1 Å². The molecule has 0 saturated heterocycles. The van der Waals surface area contributed by atoms with Crippen molar-refractivity contribution in [2.24, 2.45) is 0 Å². The van der Waals surface area contributed by atoms with E-state index in [0.29, 0.717) is 16.3 Å². The maximum Gasteiger partial charge on any atom is 0.419 e. The average molecular weight is 395 g/mol. The van der Waals surface area contributed by atoms with E-state index in [1.807, 2.05) is 6.07 Å². The molecule has 0 radical (unpaired) electrons. The maximum absolute atomic E-state index is 13.4. The molecule has 3 aromatic rings. The monoisotopic (exact) mass is 395 g/mol. The van der Waals surface area contributed by atoms with Crippen LogP contribution in [-0.2, 0) is 11.0 Å². The normalized spacial score (nSPS) is 11.4. The molecule has 26 heavy (non-hydrogen) atoms. The summed E-state index contributed by atoms with van der Waals surface area (Å²) in [5, 5.41) is 4.63. The molecule has 0 unspecified atom stereocenters. The van der Waals surface area contributed by atoms with Crippen molar-refractivity contribution in [1.29, 1.82) is 0 Å². The first-order chi connectivity index (χ1) is 12.4. The fraction of sp³-hybridized carbons (Fsp3) is 0.118. The molecule has 4 nitrogen and oxygen atoms in total. The number of thiazole rings is 1. The highest BCUT2D eigenvalue weighted by Gasteiger charge is 2.37. The molecule has 1 aromatic carbocycles. The Morgan fingerprint density at radius 1 is 1.27 bits per heavy atom. The molecule has 0 fully saturated rings. The first-order valence-electron chi connectivity index (χ1n) is 7.29. The SMILES string of the molecule is CSc1cc(-c2csc(-c3cccnc3)n2)cc(NC=O)c1C(F)(F)F. The van der Waals surface area contributed by atoms with Gasteiger partial charge in [0.1, 0.15) is 5.01 Å². The Kier molecular flexibility index (Phi) is 5.28. The summed E-state index contributed by atoms with van der Waals surface area (Å²) in [7, 11) is 0. The summed E-state index contributed by atoms with van der Waals surface area (Å²) in [5.74, 6) is 0. The highest BCUT2D eigenvalue weighted by atomic mass is 32.2. The molecule has 0 saturated carbocycles. The number of halogens is 3. The summed E-state index contributed by atoms with van der Waals surface area (Å²) in [6.07, 6.45) is 0.533. The number of hydrogen-bond donors (Lipinski definition) is 1. The van der Waals surface area contributed by atoms with Gasteiger partial charge in [-0.3, -0.25) is 9.78 Å². The molecular weight excluding hydrogens is 383 g/mol. The van der Waals surface area contributed by atoms with Gasteiger partial charge in [0, 0.05) is 33.8 Å². The smallest absolute Gasteiger partial charge is 0.328 e. The van der Waals surface area contributed by atoms with Crippen LogP contribution >= 0.6 is 23.1 Å². The fourth-order valence-electron chi connectivity index (χ4n) is 2.42. The number of pyridine rings is 1. The van der Waals surface area contributed by atoms with Crippen LogP contribution < -0.4 is 5.32 Å². The number of aromatic nitrogens is 2. The van der Waals surface area contributed by atoms with Gasteiger partial charge in [-0.05, 0) is 30.5 Å². The van der Waals surface area contributed by atoms with E-state index in [2.05, 4.69) is 15.3 Å². The Labute approximate surface area is 155 Å². The van der Waals surface area contributed by atoms with Gasteiger partial charge in [0.2, 0.25) is 6.41 Å². The largest absolute Gasteiger partial charge is 0.419 e. The van der Waals surface area contributed by atoms with Crippen molar-refractivity contribution in [3.63, 3.8) is 0 Å². The van der Waals surface area contributed by atoms with Crippen LogP contribution in [0.5, 0.6) is 0 Å². The van der Waals surface area contributed by atoms with Gasteiger partial charge >= 0.3 is 6.18 Å². The van der Waals surface area contributed by atoms with E-state index in [-0.39, 0.29) is 17.0 Å². The summed E-state index contributed by atoms with van der Waals surface area (Å²) >= 11 is 2.33. The van der Waals surface area contributed by atoms with Crippen LogP contribution in [0.15, 0.2) is 46.9 Å². The van der Waals surface area contributed by atoms with Crippen LogP contribution in [-0.4, -0.2) is 22.6 Å². The van der Waals surface area contributed by atoms with E-state index >= 15 is 0 Å². The van der Waals surface area contributed by atoms with Gasteiger partial charge in [-0.1, -0.05) is 0 Å². The van der Waals surface area contributed by atoms with Crippen LogP contribution in [0.1, 0.15) is 5.56 Å². The number of alkyl halides is 3. The second-order valence-corrected chi connectivity index (χ2v) is 6.85. The van der Waals surface area contributed by atoms with E-state index in [9.17, 15) is 18.0 Å². The Bertz CT molecular complexity index is 927. The van der Waals surface area contributed by atoms with Gasteiger partial charge in [0.05, 0.1) is 16.9 Å². The lowest BCUT2D eigenvalue weighted by Gasteiger charge is -2.17. The number of benzene rings is 1. The molecule has 0 atom stereocenters. The zero-order valence-corrected chi connectivity index (χ0v) is 15.0. The zero-order chi connectivity index (χ0) is 18.7. The molecule has 0 spiro atoms. The second-order valence-electron chi connectivity index (χ2n) is 5.14. The van der Waals surface area contributed by atoms with Gasteiger partial charge in [-0.15, -0.1) is 23.1 Å². The lowest BCUT2D eigenvalue weighted by molar-refractivity contribution is -0.139. The second kappa shape index (κ2) is 7.46. The number of anilines is 1. The topological polar surface area (TPSA) is 54.9 Å². The van der Waals surface area contributed by atoms with Gasteiger partial charge in [0.25, 0.3) is 0 Å². The molecule has 9 heteroatoms. The van der Waals surface area contributed by atoms with Crippen LogP contribution in [0.25, 0.3) is 21.8 Å². The number of carbonyl (C=O) groups is 1. The van der Waals surface area contributed by atoms with Crippen molar-refractivity contribution >= 4 is 35.2 Å². The van der Waals surface area contributed by atoms with Crippen molar-refractivity contribution in [3.8, 4) is 21.8 Å². The van der Waals surface area contributed by atoms with Gasteiger partial charge in [0.15, 0.2) is 0 Å². The molecule has 0 aliphatic rings. The van der Waals surface area contributed by atoms with E-state index in [4.69, 9.17) is 0 Å². The summed E-state index contributed by atoms with van der Waals surface area (Å²) in [6.45, 7) is 0. The average Bonchev–Trinajstić information content (AvgIpc) is 3.11. The fourth-order valence-corrected chi connectivity index (χ4v) is 3.92. The Morgan fingerprint density at radius 2 is 2.08 bits per heavy atom. The number of amides is 1. The van der Waals surface area contributed by atoms with E-state index < -0.39 is 11.7 Å². The highest BCUT2D eigenvalue weighted by Crippen LogP contribution is 2.43. The number of nitrogens with one attached hydrogen (secondary N) is 1. The number of hydrogen-bond acceptors (Lipinski definition) is 5. The number of nitrogens with zero attached hydrogens (tertiary/aromatic N) is 2. The summed E-state index contributed by atoms with van der Waals surface area (Å²) in [5.41, 5.74) is 0.714. The van der Waals surface area contributed by atoms with Gasteiger partial charge in [-0.25, -0.2) is 4.98 Å². The molecular formula is C17H12F3N3OS2. The maximum atomic E-state index is 13.4. The third-order valence-electron chi connectivity index (χ3n) is 3.53. The third kappa shape index (κ3) is 3.73. The summed E-state index contributed by atoms with van der Waals surface area (Å²) in [4.78, 5) is 19.3. The zero-order valence-electron chi connectivity index (χ0n) is 13.4. The predicted molar refractivity (Wildman–Crippen MR) is 97.3 cm³/mol. The lowest BCUT2D eigenvalue weighted by atomic mass is 10.1. The lowest BCUT2D eigenvalue weighted by Crippen LogP contribution is -2.12. The van der Waals surface area contributed by atoms with Crippen LogP contribution in [0.2, 0.25) is 0 Å². The standard InChI is InChI=1S/C17H12F3N3OS2/c1-25-14-6-11(5-12(22-9-24)15(14)17(18,19)20)13-8-26-16(23-13)10-3-2-4-21-7-10/h2-9H,1H3,(H,22,24). The molecule has 0 aliphatic carbocycles. The molecule has 2 aromatic heterocycles. The van der Waals surface area contributed by atoms with E-state index in [1.165, 1.54) is 23.5 Å². The van der Waals surface area contributed by atoms with Gasteiger partial charge < -0.3 is 5.32 Å². The minimum Gasteiger partial charge on any atom is -0.328 e. The molecule has 0 aliphatic heterocycles. The van der Waals surface area contributed by atoms with Crippen LogP contribution in [0, 0.1) is 0 Å². The third-order valence-corrected chi connectivity index (χ3v) is 5.18. The number of carbonyl (C=O) groups excluding carboxylic acids is 1. The van der Waals surface area contributed by atoms with Gasteiger partial charge in [-0.2, -0.15) is 13.2 Å². The molecule has 0 bridgehead atoms. The van der Waals surface area contributed by atoms with Crippen LogP contribution in [0.3, 0.4) is 0 Å². The summed E-state index contributed by atoms with van der Waals surface area (Å²) in [6, 6.07) is 6.37. The first kappa shape index (κ1) is 18.4. The predicted octanol–water partition coefficient (Wildman–Crippen LogP) is 5.18. The van der Waals surface area contributed by atoms with Crippen molar-refractivity contribution < 1.29 is 18.0 Å². The molecule has 134 valence electrons. The Morgan fingerprint density at radius 3 is 2.69 bits per heavy atom. The van der Waals surface area contributed by atoms with Crippen molar-refractivity contribution in [2.45, 2.75) is 11.1 Å². The minimum atomic E-state index is -4.58. The van der Waals surface area contributed by atoms with E-state index in [0.717, 1.165) is 17.3 Å². The molecule has 1 N–H and O–H groups in total. The van der Waals surface area contributed by atoms with Crippen molar-refractivity contribution in [2.75, 3.05) is 11.6 Å². The summed E-state index contributed by atoms with van der Waals surface area (Å²) < 4.78 is 40.2. The Balaban J connectivity index is 2.10. The minimum absolute atomic E-state index is 0.0234. The Hall–Kier alpha value is -2.39. The highest BCUT2D eigenvalue weighted by molar-refractivity contribution is 7.98. The molecule has 2 heterocycles.